The lowest BCUT2D eigenvalue weighted by molar-refractivity contribution is -0.122. The van der Waals surface area contributed by atoms with Crippen molar-refractivity contribution >= 4 is 27.7 Å². The summed E-state index contributed by atoms with van der Waals surface area (Å²) in [6.45, 7) is 0. The first kappa shape index (κ1) is 11.8. The van der Waals surface area contributed by atoms with E-state index >= 15 is 0 Å². The highest BCUT2D eigenvalue weighted by molar-refractivity contribution is 9.09. The van der Waals surface area contributed by atoms with Gasteiger partial charge in [-0.05, 0) is 12.1 Å². The number of hydrogen-bond donors (Lipinski definition) is 0. The lowest BCUT2D eigenvalue weighted by Crippen LogP contribution is -2.24. The molecule has 0 radical (unpaired) electrons. The number of pyridine rings is 1. The van der Waals surface area contributed by atoms with Gasteiger partial charge in [0, 0.05) is 23.0 Å². The van der Waals surface area contributed by atoms with E-state index in [0.29, 0.717) is 0 Å². The van der Waals surface area contributed by atoms with Gasteiger partial charge in [0.25, 0.3) is 0 Å². The molecule has 0 aromatic carbocycles. The van der Waals surface area contributed by atoms with Gasteiger partial charge in [-0.15, -0.1) is 11.8 Å². The second-order valence-electron chi connectivity index (χ2n) is 2.50. The molecule has 0 spiro atoms. The number of nitrogens with zero attached hydrogens (tertiary/aromatic N) is 1. The largest absolute Gasteiger partial charge is 0.402 e. The molecule has 1 aromatic heterocycles. The molecule has 14 heavy (non-hydrogen) atoms. The summed E-state index contributed by atoms with van der Waals surface area (Å²) in [5.41, 5.74) is 0. The molecule has 0 N–H and O–H groups in total. The Bertz CT molecular complexity index is 278. The van der Waals surface area contributed by atoms with E-state index in [9.17, 15) is 13.2 Å². The normalized spacial score (nSPS) is 14.0. The summed E-state index contributed by atoms with van der Waals surface area (Å²) in [5.74, 6) is -0.0342. The van der Waals surface area contributed by atoms with Crippen molar-refractivity contribution in [2.24, 2.45) is 0 Å². The smallest absolute Gasteiger partial charge is 0.265 e. The summed E-state index contributed by atoms with van der Waals surface area (Å²) in [7, 11) is 0. The standard InChI is InChI=1S/C8H7BrF3NS/c9-7(8(10,11)12)5-14-6-1-3-13-4-2-6/h1-4,7H,5H2. The zero-order chi connectivity index (χ0) is 10.6. The van der Waals surface area contributed by atoms with Gasteiger partial charge in [-0.2, -0.15) is 13.2 Å². The van der Waals surface area contributed by atoms with Crippen LogP contribution >= 0.6 is 27.7 Å². The van der Waals surface area contributed by atoms with Crippen molar-refractivity contribution in [3.63, 3.8) is 0 Å². The number of thioether (sulfide) groups is 1. The van der Waals surface area contributed by atoms with Crippen LogP contribution in [0.15, 0.2) is 29.4 Å². The molecular weight excluding hydrogens is 279 g/mol. The zero-order valence-electron chi connectivity index (χ0n) is 6.96. The van der Waals surface area contributed by atoms with Crippen LogP contribution in [0, 0.1) is 0 Å². The van der Waals surface area contributed by atoms with Gasteiger partial charge in [-0.3, -0.25) is 4.98 Å². The first-order chi connectivity index (χ1) is 6.50. The maximum atomic E-state index is 12.1. The molecule has 0 saturated carbocycles. The highest BCUT2D eigenvalue weighted by Crippen LogP contribution is 2.31. The molecule has 78 valence electrons. The van der Waals surface area contributed by atoms with Crippen molar-refractivity contribution in [2.75, 3.05) is 5.75 Å². The third-order valence-corrected chi connectivity index (χ3v) is 3.78. The number of rotatable bonds is 3. The summed E-state index contributed by atoms with van der Waals surface area (Å²) < 4.78 is 36.2. The average Bonchev–Trinajstić information content (AvgIpc) is 2.14. The molecular formula is C8H7BrF3NS. The van der Waals surface area contributed by atoms with Gasteiger partial charge in [0.1, 0.15) is 4.83 Å². The van der Waals surface area contributed by atoms with Gasteiger partial charge in [0.15, 0.2) is 0 Å². The molecule has 0 aliphatic carbocycles. The van der Waals surface area contributed by atoms with Crippen molar-refractivity contribution in [1.29, 1.82) is 0 Å². The topological polar surface area (TPSA) is 12.9 Å². The van der Waals surface area contributed by atoms with Crippen molar-refractivity contribution in [3.8, 4) is 0 Å². The average molecular weight is 286 g/mol. The van der Waals surface area contributed by atoms with Crippen molar-refractivity contribution in [1.82, 2.24) is 4.98 Å². The minimum atomic E-state index is -4.18. The predicted octanol–water partition coefficient (Wildman–Crippen LogP) is 3.50. The molecule has 1 nitrogen and oxygen atoms in total. The third-order valence-electron chi connectivity index (χ3n) is 1.40. The second-order valence-corrected chi connectivity index (χ2v) is 4.70. The fourth-order valence-corrected chi connectivity index (χ4v) is 1.94. The summed E-state index contributed by atoms with van der Waals surface area (Å²) in [4.78, 5) is 3.10. The number of halogens is 4. The molecule has 1 atom stereocenters. The fraction of sp³-hybridized carbons (Fsp3) is 0.375. The Kier molecular flexibility index (Phi) is 4.25. The molecule has 1 rings (SSSR count). The SMILES string of the molecule is FC(F)(F)C(Br)CSc1ccncc1. The monoisotopic (exact) mass is 285 g/mol. The Morgan fingerprint density at radius 3 is 2.43 bits per heavy atom. The van der Waals surface area contributed by atoms with E-state index in [1.165, 1.54) is 0 Å². The van der Waals surface area contributed by atoms with Crippen molar-refractivity contribution in [2.45, 2.75) is 15.9 Å². The Morgan fingerprint density at radius 2 is 1.93 bits per heavy atom. The highest BCUT2D eigenvalue weighted by atomic mass is 79.9. The molecule has 1 heterocycles. The van der Waals surface area contributed by atoms with Gasteiger partial charge >= 0.3 is 6.18 Å². The lowest BCUT2D eigenvalue weighted by Gasteiger charge is -2.12. The van der Waals surface area contributed by atoms with Crippen LogP contribution in [0.1, 0.15) is 0 Å². The molecule has 1 unspecified atom stereocenters. The molecule has 0 aliphatic heterocycles. The molecule has 0 fully saturated rings. The minimum Gasteiger partial charge on any atom is -0.265 e. The fourth-order valence-electron chi connectivity index (χ4n) is 0.698. The van der Waals surface area contributed by atoms with Crippen LogP contribution in [-0.2, 0) is 0 Å². The maximum absolute atomic E-state index is 12.1. The first-order valence-electron chi connectivity index (χ1n) is 3.74. The van der Waals surface area contributed by atoms with E-state index in [1.807, 2.05) is 0 Å². The molecule has 0 aliphatic rings. The lowest BCUT2D eigenvalue weighted by atomic mass is 10.5. The van der Waals surface area contributed by atoms with Crippen LogP contribution in [0.25, 0.3) is 0 Å². The molecule has 6 heteroatoms. The minimum absolute atomic E-state index is 0.0342. The number of hydrogen-bond acceptors (Lipinski definition) is 2. The Morgan fingerprint density at radius 1 is 1.36 bits per heavy atom. The van der Waals surface area contributed by atoms with Crippen LogP contribution < -0.4 is 0 Å². The predicted molar refractivity (Wildman–Crippen MR) is 53.7 cm³/mol. The van der Waals surface area contributed by atoms with Crippen molar-refractivity contribution in [3.05, 3.63) is 24.5 Å². The zero-order valence-corrected chi connectivity index (χ0v) is 9.36. The Hall–Kier alpha value is -0.230. The number of aromatic nitrogens is 1. The third kappa shape index (κ3) is 3.88. The van der Waals surface area contributed by atoms with Crippen LogP contribution in [0.5, 0.6) is 0 Å². The highest BCUT2D eigenvalue weighted by Gasteiger charge is 2.37. The van der Waals surface area contributed by atoms with E-state index in [4.69, 9.17) is 0 Å². The molecule has 0 bridgehead atoms. The summed E-state index contributed by atoms with van der Waals surface area (Å²) >= 11 is 3.74. The van der Waals surface area contributed by atoms with Crippen LogP contribution in [0.4, 0.5) is 13.2 Å². The first-order valence-corrected chi connectivity index (χ1v) is 5.64. The quantitative estimate of drug-likeness (QED) is 0.623. The van der Waals surface area contributed by atoms with Gasteiger partial charge in [0.05, 0.1) is 0 Å². The Labute approximate surface area is 92.2 Å². The van der Waals surface area contributed by atoms with Crippen LogP contribution in [0.2, 0.25) is 0 Å². The molecule has 1 aromatic rings. The summed E-state index contributed by atoms with van der Waals surface area (Å²) in [5, 5.41) is 0. The van der Waals surface area contributed by atoms with E-state index < -0.39 is 11.0 Å². The maximum Gasteiger partial charge on any atom is 0.402 e. The van der Waals surface area contributed by atoms with E-state index in [1.54, 1.807) is 24.5 Å². The van der Waals surface area contributed by atoms with E-state index in [-0.39, 0.29) is 5.75 Å². The number of alkyl halides is 4. The second kappa shape index (κ2) is 5.02. The van der Waals surface area contributed by atoms with Gasteiger partial charge in [-0.25, -0.2) is 0 Å². The molecule has 0 saturated heterocycles. The van der Waals surface area contributed by atoms with Gasteiger partial charge < -0.3 is 0 Å². The van der Waals surface area contributed by atoms with Gasteiger partial charge in [-0.1, -0.05) is 15.9 Å². The Balaban J connectivity index is 2.42. The summed E-state index contributed by atoms with van der Waals surface area (Å²) in [6, 6.07) is 3.36. The van der Waals surface area contributed by atoms with Gasteiger partial charge in [0.2, 0.25) is 0 Å². The van der Waals surface area contributed by atoms with E-state index in [2.05, 4.69) is 20.9 Å². The van der Waals surface area contributed by atoms with Crippen LogP contribution in [-0.4, -0.2) is 21.7 Å². The molecule has 0 amide bonds. The van der Waals surface area contributed by atoms with Crippen molar-refractivity contribution < 1.29 is 13.2 Å². The van der Waals surface area contributed by atoms with E-state index in [0.717, 1.165) is 16.7 Å². The van der Waals surface area contributed by atoms with Crippen LogP contribution in [0.3, 0.4) is 0 Å². The summed E-state index contributed by atoms with van der Waals surface area (Å²) in [6.07, 6.45) is -1.07.